The second-order valence-electron chi connectivity index (χ2n) is 6.17. The highest BCUT2D eigenvalue weighted by molar-refractivity contribution is 5.80. The fourth-order valence-electron chi connectivity index (χ4n) is 3.69. The summed E-state index contributed by atoms with van der Waals surface area (Å²) < 4.78 is 0.970. The van der Waals surface area contributed by atoms with Crippen LogP contribution < -0.4 is 4.90 Å². The monoisotopic (exact) mass is 292 g/mol. The molecule has 0 saturated heterocycles. The fourth-order valence-corrected chi connectivity index (χ4v) is 3.69. The number of aryl methyl sites for hydroxylation is 2. The van der Waals surface area contributed by atoms with Crippen molar-refractivity contribution in [3.63, 3.8) is 0 Å². The van der Waals surface area contributed by atoms with E-state index >= 15 is 0 Å². The van der Waals surface area contributed by atoms with Crippen molar-refractivity contribution in [2.24, 2.45) is 0 Å². The summed E-state index contributed by atoms with van der Waals surface area (Å²) in [4.78, 5) is 2.52. The second kappa shape index (κ2) is 5.48. The number of para-hydroxylation sites is 1. The molecule has 0 amide bonds. The van der Waals surface area contributed by atoms with Gasteiger partial charge in [-0.25, -0.2) is 0 Å². The van der Waals surface area contributed by atoms with E-state index < -0.39 is 0 Å². The van der Waals surface area contributed by atoms with Crippen molar-refractivity contribution in [1.29, 1.82) is 0 Å². The quantitative estimate of drug-likeness (QED) is 0.366. The Morgan fingerprint density at radius 3 is 2.23 bits per heavy atom. The van der Waals surface area contributed by atoms with Gasteiger partial charge in [0.15, 0.2) is 6.21 Å². The molecule has 2 aliphatic heterocycles. The van der Waals surface area contributed by atoms with Gasteiger partial charge in [0.25, 0.3) is 0 Å². The van der Waals surface area contributed by atoms with E-state index in [1.807, 2.05) is 30.3 Å². The van der Waals surface area contributed by atoms with Gasteiger partial charge in [0.1, 0.15) is 0 Å². The lowest BCUT2D eigenvalue weighted by molar-refractivity contribution is -0.354. The Hall–Kier alpha value is -2.29. The summed E-state index contributed by atoms with van der Waals surface area (Å²) in [7, 11) is 0. The zero-order chi connectivity index (χ0) is 14.9. The maximum absolute atomic E-state index is 12.3. The van der Waals surface area contributed by atoms with Gasteiger partial charge in [-0.15, -0.1) is 0 Å². The minimum absolute atomic E-state index is 0.676. The molecule has 0 aromatic heterocycles. The Kier molecular flexibility index (Phi) is 3.34. The van der Waals surface area contributed by atoms with Gasteiger partial charge in [0.05, 0.1) is 0 Å². The molecule has 0 N–H and O–H groups in total. The van der Waals surface area contributed by atoms with Gasteiger partial charge in [0.2, 0.25) is 5.69 Å². The summed E-state index contributed by atoms with van der Waals surface area (Å²) >= 11 is 0. The van der Waals surface area contributed by atoms with Crippen LogP contribution in [0.3, 0.4) is 0 Å². The molecule has 3 heteroatoms. The number of benzene rings is 2. The van der Waals surface area contributed by atoms with Crippen molar-refractivity contribution in [2.75, 3.05) is 18.0 Å². The van der Waals surface area contributed by atoms with Crippen molar-refractivity contribution in [3.8, 4) is 0 Å². The smallest absolute Gasteiger partial charge is 0.216 e. The molecular weight excluding hydrogens is 272 g/mol. The van der Waals surface area contributed by atoms with Crippen molar-refractivity contribution >= 4 is 17.6 Å². The molecule has 2 aromatic carbocycles. The molecule has 0 saturated carbocycles. The first-order valence-corrected chi connectivity index (χ1v) is 8.08. The first-order chi connectivity index (χ1) is 10.8. The predicted molar refractivity (Wildman–Crippen MR) is 90.2 cm³/mol. The van der Waals surface area contributed by atoms with E-state index in [2.05, 4.69) is 17.0 Å². The third-order valence-corrected chi connectivity index (χ3v) is 4.63. The highest BCUT2D eigenvalue weighted by atomic mass is 16.5. The molecule has 2 aliphatic rings. The predicted octanol–water partition coefficient (Wildman–Crippen LogP) is 3.65. The highest BCUT2D eigenvalue weighted by Crippen LogP contribution is 2.35. The number of rotatable bonds is 2. The van der Waals surface area contributed by atoms with Crippen molar-refractivity contribution in [2.45, 2.75) is 25.7 Å². The molecule has 2 aromatic rings. The maximum Gasteiger partial charge on any atom is 0.216 e. The van der Waals surface area contributed by atoms with Gasteiger partial charge in [-0.1, -0.05) is 18.2 Å². The van der Waals surface area contributed by atoms with E-state index in [1.54, 1.807) is 6.21 Å². The molecule has 0 radical (unpaired) electrons. The third-order valence-electron chi connectivity index (χ3n) is 4.63. The minimum Gasteiger partial charge on any atom is -0.618 e. The lowest BCUT2D eigenvalue weighted by Crippen LogP contribution is -2.34. The Morgan fingerprint density at radius 2 is 1.59 bits per heavy atom. The van der Waals surface area contributed by atoms with E-state index in [-0.39, 0.29) is 0 Å². The Balaban J connectivity index is 1.75. The van der Waals surface area contributed by atoms with Crippen molar-refractivity contribution in [1.82, 2.24) is 0 Å². The van der Waals surface area contributed by atoms with Gasteiger partial charge in [-0.2, -0.15) is 4.74 Å². The van der Waals surface area contributed by atoms with Crippen LogP contribution in [0.4, 0.5) is 11.4 Å². The third kappa shape index (κ3) is 2.37. The summed E-state index contributed by atoms with van der Waals surface area (Å²) in [6.45, 7) is 2.36. The number of hydrogen-bond donors (Lipinski definition) is 0. The van der Waals surface area contributed by atoms with Crippen LogP contribution in [0, 0.1) is 5.21 Å². The molecule has 22 heavy (non-hydrogen) atoms. The Morgan fingerprint density at radius 1 is 0.955 bits per heavy atom. The van der Waals surface area contributed by atoms with Crippen molar-refractivity contribution < 1.29 is 4.74 Å². The van der Waals surface area contributed by atoms with Gasteiger partial charge >= 0.3 is 0 Å². The Bertz CT molecular complexity index is 690. The minimum atomic E-state index is 0.676. The van der Waals surface area contributed by atoms with Crippen LogP contribution in [-0.4, -0.2) is 24.0 Å². The molecule has 4 rings (SSSR count). The number of nitrogens with zero attached hydrogens (tertiary/aromatic N) is 2. The van der Waals surface area contributed by atoms with E-state index in [9.17, 15) is 5.21 Å². The normalized spacial score (nSPS) is 17.3. The molecule has 0 aliphatic carbocycles. The van der Waals surface area contributed by atoms with Crippen LogP contribution in [0.5, 0.6) is 0 Å². The summed E-state index contributed by atoms with van der Waals surface area (Å²) in [6, 6.07) is 13.8. The molecular formula is C19H20N2O. The molecule has 3 nitrogen and oxygen atoms in total. The van der Waals surface area contributed by atoms with Gasteiger partial charge in [-0.3, -0.25) is 0 Å². The van der Waals surface area contributed by atoms with Crippen LogP contribution >= 0.6 is 0 Å². The maximum atomic E-state index is 12.3. The van der Waals surface area contributed by atoms with E-state index in [4.69, 9.17) is 0 Å². The summed E-state index contributed by atoms with van der Waals surface area (Å²) in [5, 5.41) is 12.3. The first kappa shape index (κ1) is 13.4. The summed E-state index contributed by atoms with van der Waals surface area (Å²) in [6.07, 6.45) is 6.40. The fraction of sp³-hybridized carbons (Fsp3) is 0.316. The van der Waals surface area contributed by atoms with Gasteiger partial charge < -0.3 is 10.1 Å². The van der Waals surface area contributed by atoms with Crippen LogP contribution in [0.2, 0.25) is 0 Å². The van der Waals surface area contributed by atoms with Crippen LogP contribution in [0.15, 0.2) is 42.5 Å². The zero-order valence-electron chi connectivity index (χ0n) is 12.7. The molecule has 0 bridgehead atoms. The first-order valence-electron chi connectivity index (χ1n) is 8.08. The molecule has 112 valence electrons. The molecule has 0 atom stereocenters. The topological polar surface area (TPSA) is 29.3 Å². The van der Waals surface area contributed by atoms with Crippen LogP contribution in [0.25, 0.3) is 0 Å². The summed E-state index contributed by atoms with van der Waals surface area (Å²) in [5.41, 5.74) is 5.98. The molecule has 2 heterocycles. The van der Waals surface area contributed by atoms with Crippen LogP contribution in [-0.2, 0) is 12.8 Å². The second-order valence-corrected chi connectivity index (χ2v) is 6.17. The average Bonchev–Trinajstić information content (AvgIpc) is 2.56. The Labute approximate surface area is 131 Å². The van der Waals surface area contributed by atoms with Gasteiger partial charge in [0, 0.05) is 36.5 Å². The number of hydrogen-bond acceptors (Lipinski definition) is 2. The van der Waals surface area contributed by atoms with E-state index in [0.29, 0.717) is 5.69 Å². The van der Waals surface area contributed by atoms with Crippen molar-refractivity contribution in [3.05, 3.63) is 64.4 Å². The largest absolute Gasteiger partial charge is 0.618 e. The lowest BCUT2D eigenvalue weighted by atomic mass is 9.90. The molecule has 0 spiro atoms. The highest BCUT2D eigenvalue weighted by Gasteiger charge is 2.24. The van der Waals surface area contributed by atoms with Gasteiger partial charge in [-0.05, 0) is 48.9 Å². The standard InChI is InChI=1S/C19H20N2O/c22-21(18-8-2-1-3-9-18)14-15-12-16-6-4-10-20-11-5-7-17(13-15)19(16)20/h1-3,8-9,12-14H,4-7,10-11H2. The van der Waals surface area contributed by atoms with E-state index in [1.165, 1.54) is 42.7 Å². The molecule has 0 fully saturated rings. The molecule has 0 unspecified atom stereocenters. The van der Waals surface area contributed by atoms with Crippen LogP contribution in [0.1, 0.15) is 29.5 Å². The lowest BCUT2D eigenvalue weighted by Gasteiger charge is -2.37. The van der Waals surface area contributed by atoms with E-state index in [0.717, 1.165) is 23.1 Å². The number of anilines is 1. The zero-order valence-corrected chi connectivity index (χ0v) is 12.7. The average molecular weight is 292 g/mol. The summed E-state index contributed by atoms with van der Waals surface area (Å²) in [5.74, 6) is 0. The SMILES string of the molecule is [O-][N+](=Cc1cc2c3c(c1)CCCN3CCC2)c1ccccc1.